The predicted octanol–water partition coefficient (Wildman–Crippen LogP) is 0.426. The molecule has 1 aromatic heterocycles. The lowest BCUT2D eigenvalue weighted by Gasteiger charge is -2.30. The summed E-state index contributed by atoms with van der Waals surface area (Å²) >= 11 is 6.35. The van der Waals surface area contributed by atoms with Crippen molar-refractivity contribution in [1.29, 1.82) is 0 Å². The van der Waals surface area contributed by atoms with E-state index in [1.807, 2.05) is 18.7 Å². The Balaban J connectivity index is 2.11. The molecule has 1 saturated heterocycles. The monoisotopic (exact) mass is 288 g/mol. The third-order valence-corrected chi connectivity index (χ3v) is 3.86. The molecular weight excluding hydrogens is 268 g/mol. The molecule has 0 amide bonds. The lowest BCUT2D eigenvalue weighted by atomic mass is 10.1. The molecule has 2 heterocycles. The average molecular weight is 289 g/mol. The van der Waals surface area contributed by atoms with Gasteiger partial charge in [0.1, 0.15) is 0 Å². The van der Waals surface area contributed by atoms with Crippen molar-refractivity contribution in [3.8, 4) is 0 Å². The van der Waals surface area contributed by atoms with Gasteiger partial charge in [-0.25, -0.2) is 0 Å². The summed E-state index contributed by atoms with van der Waals surface area (Å²) < 4.78 is 12.9. The van der Waals surface area contributed by atoms with E-state index in [1.165, 1.54) is 0 Å². The van der Waals surface area contributed by atoms with Crippen LogP contribution in [0.25, 0.3) is 0 Å². The van der Waals surface area contributed by atoms with Gasteiger partial charge in [-0.3, -0.25) is 16.0 Å². The first-order chi connectivity index (χ1) is 9.17. The van der Waals surface area contributed by atoms with Gasteiger partial charge >= 0.3 is 0 Å². The number of ether oxygens (including phenoxy) is 2. The zero-order valence-electron chi connectivity index (χ0n) is 11.4. The van der Waals surface area contributed by atoms with Crippen molar-refractivity contribution in [2.24, 2.45) is 12.9 Å². The van der Waals surface area contributed by atoms with Crippen LogP contribution in [0.2, 0.25) is 5.02 Å². The van der Waals surface area contributed by atoms with Crippen LogP contribution in [0, 0.1) is 0 Å². The van der Waals surface area contributed by atoms with Crippen LogP contribution >= 0.6 is 11.6 Å². The molecule has 1 aromatic rings. The molecule has 0 spiro atoms. The Morgan fingerprint density at radius 1 is 1.58 bits per heavy atom. The van der Waals surface area contributed by atoms with Gasteiger partial charge in [0, 0.05) is 13.5 Å². The Kier molecular flexibility index (Phi) is 5.18. The number of nitrogens with one attached hydrogen (secondary N) is 1. The van der Waals surface area contributed by atoms with E-state index in [0.717, 1.165) is 22.8 Å². The highest BCUT2D eigenvalue weighted by Gasteiger charge is 2.27. The Morgan fingerprint density at radius 2 is 2.37 bits per heavy atom. The number of rotatable bonds is 5. The minimum Gasteiger partial charge on any atom is -0.376 e. The van der Waals surface area contributed by atoms with Crippen LogP contribution in [0.5, 0.6) is 0 Å². The summed E-state index contributed by atoms with van der Waals surface area (Å²) in [6, 6.07) is -0.0436. The third kappa shape index (κ3) is 3.27. The van der Waals surface area contributed by atoms with Crippen LogP contribution in [0.4, 0.5) is 0 Å². The number of aromatic nitrogens is 2. The van der Waals surface area contributed by atoms with Gasteiger partial charge in [-0.2, -0.15) is 5.10 Å². The first-order valence-electron chi connectivity index (χ1n) is 6.53. The topological polar surface area (TPSA) is 74.3 Å². The molecular formula is C12H21ClN4O2. The predicted molar refractivity (Wildman–Crippen MR) is 73.0 cm³/mol. The van der Waals surface area contributed by atoms with E-state index in [2.05, 4.69) is 10.5 Å². The molecule has 1 aliphatic rings. The largest absolute Gasteiger partial charge is 0.376 e. The number of aryl methyl sites for hydroxylation is 2. The van der Waals surface area contributed by atoms with Crippen LogP contribution in [0.15, 0.2) is 0 Å². The van der Waals surface area contributed by atoms with Crippen LogP contribution in [0.3, 0.4) is 0 Å². The molecule has 2 unspecified atom stereocenters. The van der Waals surface area contributed by atoms with E-state index in [4.69, 9.17) is 26.9 Å². The third-order valence-electron chi connectivity index (χ3n) is 3.42. The fraction of sp³-hybridized carbons (Fsp3) is 0.750. The fourth-order valence-corrected chi connectivity index (χ4v) is 2.66. The van der Waals surface area contributed by atoms with Crippen LogP contribution in [-0.2, 0) is 29.4 Å². The van der Waals surface area contributed by atoms with Gasteiger partial charge in [0.2, 0.25) is 0 Å². The summed E-state index contributed by atoms with van der Waals surface area (Å²) in [5, 5.41) is 5.13. The van der Waals surface area contributed by atoms with Crippen LogP contribution in [-0.4, -0.2) is 41.7 Å². The maximum absolute atomic E-state index is 6.35. The molecule has 19 heavy (non-hydrogen) atoms. The Morgan fingerprint density at radius 3 is 2.89 bits per heavy atom. The number of nitrogens with zero attached hydrogens (tertiary/aromatic N) is 2. The van der Waals surface area contributed by atoms with Gasteiger partial charge in [0.25, 0.3) is 0 Å². The number of halogens is 1. The molecule has 2 rings (SSSR count). The van der Waals surface area contributed by atoms with Gasteiger partial charge in [-0.1, -0.05) is 18.5 Å². The minimum atomic E-state index is -0.0604. The van der Waals surface area contributed by atoms with Gasteiger partial charge in [-0.15, -0.1) is 0 Å². The smallest absolute Gasteiger partial charge is 0.0979 e. The lowest BCUT2D eigenvalue weighted by Crippen LogP contribution is -2.50. The fourth-order valence-electron chi connectivity index (χ4n) is 2.29. The van der Waals surface area contributed by atoms with Gasteiger partial charge in [0.05, 0.1) is 48.4 Å². The standard InChI is InChI=1S/C12H21ClN4O2/c1-3-8-12(13)10(17(2)16-8)6-9(15-14)11-7-18-4-5-19-11/h9,11,15H,3-7,14H2,1-2H3. The second kappa shape index (κ2) is 6.67. The Hall–Kier alpha value is -0.660. The van der Waals surface area contributed by atoms with E-state index in [-0.39, 0.29) is 12.1 Å². The molecule has 1 aliphatic heterocycles. The van der Waals surface area contributed by atoms with E-state index in [1.54, 1.807) is 0 Å². The van der Waals surface area contributed by atoms with Crippen molar-refractivity contribution in [3.05, 3.63) is 16.4 Å². The minimum absolute atomic E-state index is 0.0436. The number of hydrogen-bond acceptors (Lipinski definition) is 5. The van der Waals surface area contributed by atoms with Gasteiger partial charge in [0.15, 0.2) is 0 Å². The maximum atomic E-state index is 6.35. The highest BCUT2D eigenvalue weighted by Crippen LogP contribution is 2.23. The zero-order chi connectivity index (χ0) is 13.8. The molecule has 2 atom stereocenters. The van der Waals surface area contributed by atoms with E-state index in [9.17, 15) is 0 Å². The second-order valence-electron chi connectivity index (χ2n) is 4.65. The van der Waals surface area contributed by atoms with E-state index < -0.39 is 0 Å². The second-order valence-corrected chi connectivity index (χ2v) is 5.02. The molecule has 1 fully saturated rings. The quantitative estimate of drug-likeness (QED) is 0.607. The highest BCUT2D eigenvalue weighted by atomic mass is 35.5. The summed E-state index contributed by atoms with van der Waals surface area (Å²) in [6.45, 7) is 3.82. The average Bonchev–Trinajstić information content (AvgIpc) is 2.72. The summed E-state index contributed by atoms with van der Waals surface area (Å²) in [5.41, 5.74) is 4.68. The molecule has 108 valence electrons. The van der Waals surface area contributed by atoms with Crippen molar-refractivity contribution in [2.75, 3.05) is 19.8 Å². The summed E-state index contributed by atoms with van der Waals surface area (Å²) in [7, 11) is 1.90. The molecule has 6 nitrogen and oxygen atoms in total. The number of hydrazine groups is 1. The Labute approximate surface area is 118 Å². The Bertz CT molecular complexity index is 418. The number of nitrogens with two attached hydrogens (primary N) is 1. The first kappa shape index (κ1) is 14.7. The maximum Gasteiger partial charge on any atom is 0.0979 e. The van der Waals surface area contributed by atoms with Gasteiger partial charge in [-0.05, 0) is 6.42 Å². The van der Waals surface area contributed by atoms with Crippen LogP contribution in [0.1, 0.15) is 18.3 Å². The zero-order valence-corrected chi connectivity index (χ0v) is 12.1. The van der Waals surface area contributed by atoms with Crippen molar-refractivity contribution in [3.63, 3.8) is 0 Å². The molecule has 0 radical (unpaired) electrons. The summed E-state index contributed by atoms with van der Waals surface area (Å²) in [4.78, 5) is 0. The van der Waals surface area contributed by atoms with E-state index in [0.29, 0.717) is 26.2 Å². The normalized spacial score (nSPS) is 21.6. The van der Waals surface area contributed by atoms with Crippen molar-refractivity contribution in [2.45, 2.75) is 31.9 Å². The first-order valence-corrected chi connectivity index (χ1v) is 6.90. The molecule has 3 N–H and O–H groups in total. The SMILES string of the molecule is CCc1nn(C)c(CC(NN)C2COCCO2)c1Cl. The van der Waals surface area contributed by atoms with E-state index >= 15 is 0 Å². The van der Waals surface area contributed by atoms with Crippen molar-refractivity contribution >= 4 is 11.6 Å². The van der Waals surface area contributed by atoms with Gasteiger partial charge < -0.3 is 9.47 Å². The molecule has 0 bridgehead atoms. The lowest BCUT2D eigenvalue weighted by molar-refractivity contribution is -0.101. The number of hydrogen-bond donors (Lipinski definition) is 2. The molecule has 0 saturated carbocycles. The van der Waals surface area contributed by atoms with Crippen LogP contribution < -0.4 is 11.3 Å². The molecule has 0 aromatic carbocycles. The summed E-state index contributed by atoms with van der Waals surface area (Å²) in [6.07, 6.45) is 1.42. The molecule has 7 heteroatoms. The van der Waals surface area contributed by atoms with Crippen molar-refractivity contribution in [1.82, 2.24) is 15.2 Å². The van der Waals surface area contributed by atoms with Crippen molar-refractivity contribution < 1.29 is 9.47 Å². The highest BCUT2D eigenvalue weighted by molar-refractivity contribution is 6.31. The summed E-state index contributed by atoms with van der Waals surface area (Å²) in [5.74, 6) is 5.63. The molecule has 0 aliphatic carbocycles.